The van der Waals surface area contributed by atoms with Gasteiger partial charge in [0.1, 0.15) is 17.5 Å². The number of sulfone groups is 1. The number of rotatable bonds is 5. The number of nitrogens with one attached hydrogen (secondary N) is 1. The van der Waals surface area contributed by atoms with Crippen LogP contribution in [0.5, 0.6) is 0 Å². The molecule has 1 saturated heterocycles. The molecule has 0 bridgehead atoms. The first-order valence-corrected chi connectivity index (χ1v) is 13.0. The molecule has 2 aliphatic rings. The highest BCUT2D eigenvalue weighted by Crippen LogP contribution is 2.46. The number of urea groups is 1. The van der Waals surface area contributed by atoms with Gasteiger partial charge in [-0.1, -0.05) is 6.92 Å². The van der Waals surface area contributed by atoms with Crippen molar-refractivity contribution in [2.24, 2.45) is 0 Å². The van der Waals surface area contributed by atoms with Crippen LogP contribution >= 0.6 is 0 Å². The topological polar surface area (TPSA) is 82.6 Å². The van der Waals surface area contributed by atoms with Gasteiger partial charge in [-0.3, -0.25) is 9.80 Å². The first kappa shape index (κ1) is 24.5. The highest BCUT2D eigenvalue weighted by Gasteiger charge is 2.51. The van der Waals surface area contributed by atoms with E-state index in [9.17, 15) is 22.0 Å². The predicted molar refractivity (Wildman–Crippen MR) is 126 cm³/mol. The Labute approximate surface area is 199 Å². The van der Waals surface area contributed by atoms with E-state index in [1.54, 1.807) is 24.8 Å². The van der Waals surface area contributed by atoms with Crippen molar-refractivity contribution >= 4 is 21.7 Å². The molecule has 1 spiro atoms. The third-order valence-corrected chi connectivity index (χ3v) is 9.09. The van der Waals surface area contributed by atoms with Crippen molar-refractivity contribution in [2.75, 3.05) is 31.3 Å². The van der Waals surface area contributed by atoms with E-state index in [1.165, 1.54) is 18.3 Å². The number of aromatic nitrogens is 1. The second-order valence-corrected chi connectivity index (χ2v) is 11.9. The molecule has 1 saturated carbocycles. The summed E-state index contributed by atoms with van der Waals surface area (Å²) in [4.78, 5) is 21.0. The van der Waals surface area contributed by atoms with Crippen molar-refractivity contribution in [3.63, 3.8) is 0 Å². The second kappa shape index (κ2) is 8.57. The van der Waals surface area contributed by atoms with Crippen LogP contribution in [-0.4, -0.2) is 56.3 Å². The first-order chi connectivity index (χ1) is 15.9. The Bertz CT molecular complexity index is 1200. The van der Waals surface area contributed by atoms with Crippen LogP contribution in [0.4, 0.5) is 19.4 Å². The van der Waals surface area contributed by atoms with Gasteiger partial charge in [0.15, 0.2) is 9.84 Å². The van der Waals surface area contributed by atoms with E-state index in [0.717, 1.165) is 6.07 Å². The quantitative estimate of drug-likeness (QED) is 0.687. The lowest BCUT2D eigenvalue weighted by Gasteiger charge is -2.48. The molecule has 1 aromatic heterocycles. The number of hydrogen-bond acceptors (Lipinski definition) is 5. The summed E-state index contributed by atoms with van der Waals surface area (Å²) in [6, 6.07) is 4.92. The normalized spacial score (nSPS) is 25.3. The molecule has 1 aliphatic heterocycles. The standard InChI is InChI=1S/C24H30F2N4O3S/c1-5-34(32,33)20-10-16(2)21(27-14-20)30-15-23(28-22(30)31)6-8-24(9-7-23,29(3)4)17-11-18(25)13-19(26)12-17/h10-14H,5-9,15H2,1-4H3,(H,28,31). The number of carbonyl (C=O) groups excluding carboxylic acids is 1. The van der Waals surface area contributed by atoms with E-state index in [-0.39, 0.29) is 16.7 Å². The van der Waals surface area contributed by atoms with Crippen LogP contribution in [0.1, 0.15) is 43.7 Å². The molecule has 2 fully saturated rings. The SMILES string of the molecule is CCS(=O)(=O)c1cnc(N2CC3(CCC(c4cc(F)cc(F)c4)(N(C)C)CC3)NC2=O)c(C)c1. The number of hydrogen-bond donors (Lipinski definition) is 1. The molecule has 1 N–H and O–H groups in total. The van der Waals surface area contributed by atoms with Crippen LogP contribution in [0.3, 0.4) is 0 Å². The molecule has 7 nitrogen and oxygen atoms in total. The average Bonchev–Trinajstić information content (AvgIpc) is 3.09. The molecule has 2 amide bonds. The zero-order chi connectivity index (χ0) is 24.9. The predicted octanol–water partition coefficient (Wildman–Crippen LogP) is 3.76. The fraction of sp³-hybridized carbons (Fsp3) is 0.500. The van der Waals surface area contributed by atoms with Crippen molar-refractivity contribution in [2.45, 2.75) is 55.5 Å². The van der Waals surface area contributed by atoms with Gasteiger partial charge in [-0.2, -0.15) is 0 Å². The van der Waals surface area contributed by atoms with Crippen molar-refractivity contribution in [1.29, 1.82) is 0 Å². The molecular weight excluding hydrogens is 462 g/mol. The molecule has 0 atom stereocenters. The minimum absolute atomic E-state index is 0.0242. The number of amides is 2. The number of halogens is 2. The number of aryl methyl sites for hydroxylation is 1. The molecule has 2 heterocycles. The smallest absolute Gasteiger partial charge is 0.323 e. The average molecular weight is 493 g/mol. The second-order valence-electron chi connectivity index (χ2n) is 9.60. The molecule has 0 unspecified atom stereocenters. The van der Waals surface area contributed by atoms with E-state index >= 15 is 0 Å². The summed E-state index contributed by atoms with van der Waals surface area (Å²) in [7, 11) is 0.410. The number of nitrogens with zero attached hydrogens (tertiary/aromatic N) is 3. The van der Waals surface area contributed by atoms with E-state index in [4.69, 9.17) is 0 Å². The summed E-state index contributed by atoms with van der Waals surface area (Å²) in [5.74, 6) is -0.802. The van der Waals surface area contributed by atoms with Crippen molar-refractivity contribution < 1.29 is 22.0 Å². The van der Waals surface area contributed by atoms with Gasteiger partial charge in [0, 0.05) is 17.8 Å². The van der Waals surface area contributed by atoms with Gasteiger partial charge >= 0.3 is 6.03 Å². The lowest BCUT2D eigenvalue weighted by atomic mass is 9.69. The first-order valence-electron chi connectivity index (χ1n) is 11.3. The monoisotopic (exact) mass is 492 g/mol. The van der Waals surface area contributed by atoms with Crippen LogP contribution in [0, 0.1) is 18.6 Å². The summed E-state index contributed by atoms with van der Waals surface area (Å²) in [6.45, 7) is 3.71. The zero-order valence-corrected chi connectivity index (χ0v) is 20.7. The molecule has 10 heteroatoms. The van der Waals surface area contributed by atoms with Crippen molar-refractivity contribution in [3.05, 3.63) is 53.2 Å². The fourth-order valence-corrected chi connectivity index (χ4v) is 6.19. The Balaban J connectivity index is 1.58. The van der Waals surface area contributed by atoms with Gasteiger partial charge in [0.2, 0.25) is 0 Å². The Morgan fingerprint density at radius 2 is 1.71 bits per heavy atom. The minimum atomic E-state index is -3.39. The highest BCUT2D eigenvalue weighted by molar-refractivity contribution is 7.91. The number of benzene rings is 1. The molecule has 1 aliphatic carbocycles. The summed E-state index contributed by atoms with van der Waals surface area (Å²) in [5.41, 5.74) is 0.160. The number of anilines is 1. The van der Waals surface area contributed by atoms with E-state index in [2.05, 4.69) is 10.3 Å². The summed E-state index contributed by atoms with van der Waals surface area (Å²) < 4.78 is 52.4. The molecule has 34 heavy (non-hydrogen) atoms. The molecule has 4 rings (SSSR count). The Morgan fingerprint density at radius 3 is 2.24 bits per heavy atom. The fourth-order valence-electron chi connectivity index (χ4n) is 5.28. The maximum Gasteiger partial charge on any atom is 0.323 e. The van der Waals surface area contributed by atoms with Crippen LogP contribution in [-0.2, 0) is 15.4 Å². The number of carbonyl (C=O) groups is 1. The van der Waals surface area contributed by atoms with Crippen molar-refractivity contribution in [3.8, 4) is 0 Å². The molecule has 184 valence electrons. The van der Waals surface area contributed by atoms with Gasteiger partial charge in [-0.15, -0.1) is 0 Å². The van der Waals surface area contributed by atoms with Gasteiger partial charge < -0.3 is 5.32 Å². The Hall–Kier alpha value is -2.59. The van der Waals surface area contributed by atoms with Crippen LogP contribution in [0.25, 0.3) is 0 Å². The molecular formula is C24H30F2N4O3S. The molecule has 1 aromatic carbocycles. The maximum atomic E-state index is 14.0. The van der Waals surface area contributed by atoms with Crippen LogP contribution < -0.4 is 10.2 Å². The van der Waals surface area contributed by atoms with Crippen LogP contribution in [0.2, 0.25) is 0 Å². The highest BCUT2D eigenvalue weighted by atomic mass is 32.2. The molecule has 2 aromatic rings. The zero-order valence-electron chi connectivity index (χ0n) is 19.9. The van der Waals surface area contributed by atoms with Gasteiger partial charge in [0.25, 0.3) is 0 Å². The lowest BCUT2D eigenvalue weighted by Crippen LogP contribution is -2.54. The summed E-state index contributed by atoms with van der Waals surface area (Å²) in [5, 5.41) is 3.11. The Kier molecular flexibility index (Phi) is 6.18. The largest absolute Gasteiger partial charge is 0.330 e. The van der Waals surface area contributed by atoms with Crippen molar-refractivity contribution in [1.82, 2.24) is 15.2 Å². The van der Waals surface area contributed by atoms with Gasteiger partial charge in [0.05, 0.1) is 22.7 Å². The van der Waals surface area contributed by atoms with E-state index in [1.807, 2.05) is 19.0 Å². The Morgan fingerprint density at radius 1 is 1.09 bits per heavy atom. The van der Waals surface area contributed by atoms with Crippen LogP contribution in [0.15, 0.2) is 35.4 Å². The maximum absolute atomic E-state index is 14.0. The molecule has 0 radical (unpaired) electrons. The minimum Gasteiger partial charge on any atom is -0.330 e. The third kappa shape index (κ3) is 4.17. The third-order valence-electron chi connectivity index (χ3n) is 7.39. The van der Waals surface area contributed by atoms with E-state index < -0.39 is 32.5 Å². The van der Waals surface area contributed by atoms with E-state index in [0.29, 0.717) is 49.2 Å². The van der Waals surface area contributed by atoms with Gasteiger partial charge in [-0.25, -0.2) is 27.0 Å². The summed E-state index contributed by atoms with van der Waals surface area (Å²) in [6.07, 6.45) is 3.75. The summed E-state index contributed by atoms with van der Waals surface area (Å²) >= 11 is 0. The van der Waals surface area contributed by atoms with Gasteiger partial charge in [-0.05, 0) is 76.0 Å². The lowest BCUT2D eigenvalue weighted by molar-refractivity contribution is 0.0652. The number of pyridine rings is 1.